The summed E-state index contributed by atoms with van der Waals surface area (Å²) in [6.45, 7) is 0. The minimum atomic E-state index is -0.191. The molecule has 1 unspecified atom stereocenters. The average molecular weight is 248 g/mol. The number of hydrogen-bond donors (Lipinski definition) is 2. The van der Waals surface area contributed by atoms with Crippen LogP contribution in [-0.2, 0) is 6.42 Å². The number of aromatic nitrogens is 1. The molecule has 0 bridgehead atoms. The van der Waals surface area contributed by atoms with Crippen LogP contribution < -0.4 is 11.5 Å². The van der Waals surface area contributed by atoms with Gasteiger partial charge in [0.2, 0.25) is 0 Å². The zero-order valence-corrected chi connectivity index (χ0v) is 10.1. The zero-order valence-electron chi connectivity index (χ0n) is 9.31. The van der Waals surface area contributed by atoms with Crippen molar-refractivity contribution >= 4 is 17.4 Å². The summed E-state index contributed by atoms with van der Waals surface area (Å²) in [4.78, 5) is 4.01. The Balaban J connectivity index is 2.20. The van der Waals surface area contributed by atoms with Crippen molar-refractivity contribution in [2.24, 2.45) is 5.73 Å². The van der Waals surface area contributed by atoms with Crippen molar-refractivity contribution in [2.45, 2.75) is 12.5 Å². The van der Waals surface area contributed by atoms with Gasteiger partial charge in [-0.1, -0.05) is 41.9 Å². The lowest BCUT2D eigenvalue weighted by molar-refractivity contribution is 0.721. The summed E-state index contributed by atoms with van der Waals surface area (Å²) in [5.41, 5.74) is 13.9. The van der Waals surface area contributed by atoms with E-state index in [1.54, 1.807) is 6.07 Å². The second kappa shape index (κ2) is 5.17. The molecule has 0 aliphatic rings. The highest BCUT2D eigenvalue weighted by molar-refractivity contribution is 6.30. The van der Waals surface area contributed by atoms with Gasteiger partial charge in [0.05, 0.1) is 5.02 Å². The third-order valence-electron chi connectivity index (χ3n) is 2.61. The molecule has 4 N–H and O–H groups in total. The van der Waals surface area contributed by atoms with Crippen LogP contribution in [0.15, 0.2) is 42.6 Å². The molecule has 0 amide bonds. The number of nitrogens with zero attached hydrogens (tertiary/aromatic N) is 1. The summed E-state index contributed by atoms with van der Waals surface area (Å²) >= 11 is 5.89. The summed E-state index contributed by atoms with van der Waals surface area (Å²) in [7, 11) is 0. The Morgan fingerprint density at radius 3 is 2.65 bits per heavy atom. The lowest BCUT2D eigenvalue weighted by Gasteiger charge is -2.14. The molecular formula is C13H14ClN3. The van der Waals surface area contributed by atoms with E-state index in [1.807, 2.05) is 30.3 Å². The molecule has 88 valence electrons. The predicted octanol–water partition coefficient (Wildman–Crippen LogP) is 2.56. The Hall–Kier alpha value is -1.58. The summed E-state index contributed by atoms with van der Waals surface area (Å²) in [6.07, 6.45) is 2.24. The van der Waals surface area contributed by atoms with Crippen molar-refractivity contribution in [3.8, 4) is 0 Å². The third-order valence-corrected chi connectivity index (χ3v) is 2.82. The summed E-state index contributed by atoms with van der Waals surface area (Å²) < 4.78 is 0. The van der Waals surface area contributed by atoms with E-state index >= 15 is 0 Å². The molecule has 1 aromatic heterocycles. The largest absolute Gasteiger partial charge is 0.383 e. The standard InChI is InChI=1S/C13H14ClN3/c14-10-7-11(13(16)17-8-10)12(15)6-9-4-2-1-3-5-9/h1-5,7-8,12H,6,15H2,(H2,16,17). The van der Waals surface area contributed by atoms with Crippen LogP contribution >= 0.6 is 11.6 Å². The predicted molar refractivity (Wildman–Crippen MR) is 70.7 cm³/mol. The van der Waals surface area contributed by atoms with Gasteiger partial charge in [-0.3, -0.25) is 0 Å². The Morgan fingerprint density at radius 2 is 1.94 bits per heavy atom. The highest BCUT2D eigenvalue weighted by atomic mass is 35.5. The maximum absolute atomic E-state index is 6.12. The molecule has 1 aromatic carbocycles. The second-order valence-corrected chi connectivity index (χ2v) is 4.36. The molecule has 0 aliphatic heterocycles. The number of nitrogen functional groups attached to an aromatic ring is 1. The van der Waals surface area contributed by atoms with Crippen molar-refractivity contribution in [3.05, 3.63) is 58.7 Å². The fourth-order valence-corrected chi connectivity index (χ4v) is 1.91. The smallest absolute Gasteiger partial charge is 0.128 e. The maximum atomic E-state index is 6.12. The average Bonchev–Trinajstić information content (AvgIpc) is 2.33. The van der Waals surface area contributed by atoms with Gasteiger partial charge in [-0.2, -0.15) is 0 Å². The highest BCUT2D eigenvalue weighted by Gasteiger charge is 2.11. The number of benzene rings is 1. The fourth-order valence-electron chi connectivity index (χ4n) is 1.74. The first-order chi connectivity index (χ1) is 8.16. The first kappa shape index (κ1) is 11.9. The molecule has 1 atom stereocenters. The first-order valence-corrected chi connectivity index (χ1v) is 5.75. The summed E-state index contributed by atoms with van der Waals surface area (Å²) in [6, 6.07) is 11.6. The number of pyridine rings is 1. The van der Waals surface area contributed by atoms with E-state index in [9.17, 15) is 0 Å². The van der Waals surface area contributed by atoms with Crippen LogP contribution in [0.4, 0.5) is 5.82 Å². The Morgan fingerprint density at radius 1 is 1.24 bits per heavy atom. The van der Waals surface area contributed by atoms with E-state index in [0.717, 1.165) is 5.56 Å². The minimum absolute atomic E-state index is 0.191. The molecule has 4 heteroatoms. The van der Waals surface area contributed by atoms with Crippen molar-refractivity contribution < 1.29 is 0 Å². The topological polar surface area (TPSA) is 64.9 Å². The monoisotopic (exact) mass is 247 g/mol. The van der Waals surface area contributed by atoms with Crippen molar-refractivity contribution in [1.29, 1.82) is 0 Å². The van der Waals surface area contributed by atoms with Crippen LogP contribution in [0.25, 0.3) is 0 Å². The number of anilines is 1. The molecule has 0 aliphatic carbocycles. The fraction of sp³-hybridized carbons (Fsp3) is 0.154. The van der Waals surface area contributed by atoms with Crippen LogP contribution in [0.5, 0.6) is 0 Å². The number of hydrogen-bond acceptors (Lipinski definition) is 3. The van der Waals surface area contributed by atoms with Crippen LogP contribution in [-0.4, -0.2) is 4.98 Å². The summed E-state index contributed by atoms with van der Waals surface area (Å²) in [5, 5.41) is 0.553. The van der Waals surface area contributed by atoms with Crippen LogP contribution in [0.3, 0.4) is 0 Å². The van der Waals surface area contributed by atoms with E-state index in [2.05, 4.69) is 4.98 Å². The van der Waals surface area contributed by atoms with Gasteiger partial charge < -0.3 is 11.5 Å². The molecule has 2 rings (SSSR count). The molecule has 17 heavy (non-hydrogen) atoms. The summed E-state index contributed by atoms with van der Waals surface area (Å²) in [5.74, 6) is 0.442. The Labute approximate surface area is 105 Å². The third kappa shape index (κ3) is 2.96. The minimum Gasteiger partial charge on any atom is -0.383 e. The van der Waals surface area contributed by atoms with Gasteiger partial charge in [-0.05, 0) is 18.1 Å². The lowest BCUT2D eigenvalue weighted by Crippen LogP contribution is -2.16. The van der Waals surface area contributed by atoms with Gasteiger partial charge in [0.15, 0.2) is 0 Å². The number of halogens is 1. The lowest BCUT2D eigenvalue weighted by atomic mass is 10.0. The van der Waals surface area contributed by atoms with Gasteiger partial charge >= 0.3 is 0 Å². The van der Waals surface area contributed by atoms with Gasteiger partial charge in [-0.15, -0.1) is 0 Å². The van der Waals surface area contributed by atoms with E-state index in [0.29, 0.717) is 17.3 Å². The number of rotatable bonds is 3. The second-order valence-electron chi connectivity index (χ2n) is 3.92. The molecule has 3 nitrogen and oxygen atoms in total. The van der Waals surface area contributed by atoms with Crippen molar-refractivity contribution in [3.63, 3.8) is 0 Å². The molecule has 0 saturated carbocycles. The highest BCUT2D eigenvalue weighted by Crippen LogP contribution is 2.23. The molecular weight excluding hydrogens is 234 g/mol. The number of nitrogens with two attached hydrogens (primary N) is 2. The van der Waals surface area contributed by atoms with Crippen molar-refractivity contribution in [2.75, 3.05) is 5.73 Å². The van der Waals surface area contributed by atoms with E-state index in [4.69, 9.17) is 23.1 Å². The first-order valence-electron chi connectivity index (χ1n) is 5.37. The van der Waals surface area contributed by atoms with Crippen molar-refractivity contribution in [1.82, 2.24) is 4.98 Å². The molecule has 2 aromatic rings. The van der Waals surface area contributed by atoms with Gasteiger partial charge in [0.25, 0.3) is 0 Å². The Kier molecular flexibility index (Phi) is 3.61. The van der Waals surface area contributed by atoms with E-state index in [1.165, 1.54) is 11.8 Å². The Bertz CT molecular complexity index is 499. The SMILES string of the molecule is Nc1ncc(Cl)cc1C(N)Cc1ccccc1. The van der Waals surface area contributed by atoms with E-state index in [-0.39, 0.29) is 6.04 Å². The van der Waals surface area contributed by atoms with Gasteiger partial charge in [-0.25, -0.2) is 4.98 Å². The zero-order chi connectivity index (χ0) is 12.3. The normalized spacial score (nSPS) is 12.4. The quantitative estimate of drug-likeness (QED) is 0.876. The van der Waals surface area contributed by atoms with E-state index < -0.39 is 0 Å². The molecule has 1 heterocycles. The van der Waals surface area contributed by atoms with Crippen LogP contribution in [0.1, 0.15) is 17.2 Å². The molecule has 0 fully saturated rings. The van der Waals surface area contributed by atoms with Crippen LogP contribution in [0.2, 0.25) is 5.02 Å². The molecule has 0 saturated heterocycles. The van der Waals surface area contributed by atoms with Crippen LogP contribution in [0, 0.1) is 0 Å². The van der Waals surface area contributed by atoms with Gasteiger partial charge in [0, 0.05) is 17.8 Å². The maximum Gasteiger partial charge on any atom is 0.128 e. The molecule has 0 spiro atoms. The molecule has 0 radical (unpaired) electrons. The van der Waals surface area contributed by atoms with Gasteiger partial charge in [0.1, 0.15) is 5.82 Å².